The lowest BCUT2D eigenvalue weighted by molar-refractivity contribution is -0.140. The first-order valence-corrected chi connectivity index (χ1v) is 7.73. The number of allylic oxidation sites excluding steroid dienone is 2. The molecule has 124 valence electrons. The molecule has 22 heavy (non-hydrogen) atoms. The van der Waals surface area contributed by atoms with Gasteiger partial charge in [-0.1, -0.05) is 27.7 Å². The highest BCUT2D eigenvalue weighted by Crippen LogP contribution is 2.25. The molecule has 0 radical (unpaired) electrons. The van der Waals surface area contributed by atoms with Crippen LogP contribution >= 0.6 is 0 Å². The summed E-state index contributed by atoms with van der Waals surface area (Å²) in [5, 5.41) is 3.07. The average Bonchev–Trinajstić information content (AvgIpc) is 2.42. The van der Waals surface area contributed by atoms with Gasteiger partial charge in [0.15, 0.2) is 0 Å². The van der Waals surface area contributed by atoms with Crippen LogP contribution in [-0.2, 0) is 19.1 Å². The van der Waals surface area contributed by atoms with Crippen LogP contribution in [-0.4, -0.2) is 25.2 Å². The van der Waals surface area contributed by atoms with Crippen molar-refractivity contribution in [3.05, 3.63) is 22.5 Å². The van der Waals surface area contributed by atoms with Crippen molar-refractivity contribution in [3.63, 3.8) is 0 Å². The van der Waals surface area contributed by atoms with E-state index in [0.717, 1.165) is 11.4 Å². The predicted molar refractivity (Wildman–Crippen MR) is 84.7 cm³/mol. The molecular weight excluding hydrogens is 282 g/mol. The molecule has 1 heterocycles. The molecule has 0 aromatic heterocycles. The fourth-order valence-corrected chi connectivity index (χ4v) is 1.98. The summed E-state index contributed by atoms with van der Waals surface area (Å²) < 4.78 is 10.5. The smallest absolute Gasteiger partial charge is 0.336 e. The average molecular weight is 309 g/mol. The minimum atomic E-state index is -0.375. The third kappa shape index (κ3) is 5.20. The van der Waals surface area contributed by atoms with Crippen molar-refractivity contribution >= 4 is 11.9 Å². The Balaban J connectivity index is 2.77. The van der Waals surface area contributed by atoms with E-state index in [9.17, 15) is 9.59 Å². The molecule has 0 atom stereocenters. The third-order valence-electron chi connectivity index (χ3n) is 3.22. The number of rotatable bonds is 6. The Kier molecular flexibility index (Phi) is 6.65. The van der Waals surface area contributed by atoms with Crippen molar-refractivity contribution in [3.8, 4) is 0 Å². The van der Waals surface area contributed by atoms with Crippen molar-refractivity contribution < 1.29 is 19.1 Å². The highest BCUT2D eigenvalue weighted by Gasteiger charge is 2.27. The molecule has 1 N–H and O–H groups in total. The summed E-state index contributed by atoms with van der Waals surface area (Å²) in [7, 11) is 0. The number of carbonyl (C=O) groups is 2. The Bertz CT molecular complexity index is 457. The molecule has 0 saturated heterocycles. The van der Waals surface area contributed by atoms with E-state index in [1.807, 2.05) is 41.5 Å². The molecule has 0 fully saturated rings. The van der Waals surface area contributed by atoms with E-state index in [4.69, 9.17) is 9.47 Å². The first kappa shape index (κ1) is 18.3. The van der Waals surface area contributed by atoms with Crippen molar-refractivity contribution in [2.24, 2.45) is 11.8 Å². The van der Waals surface area contributed by atoms with Gasteiger partial charge in [0.2, 0.25) is 0 Å². The van der Waals surface area contributed by atoms with Gasteiger partial charge in [-0.3, -0.25) is 0 Å². The lowest BCUT2D eigenvalue weighted by Crippen LogP contribution is -2.27. The first-order chi connectivity index (χ1) is 10.2. The number of nitrogens with one attached hydrogen (secondary N) is 1. The van der Waals surface area contributed by atoms with E-state index in [0.29, 0.717) is 24.4 Å². The van der Waals surface area contributed by atoms with Gasteiger partial charge in [-0.25, -0.2) is 9.59 Å². The van der Waals surface area contributed by atoms with Crippen molar-refractivity contribution in [2.45, 2.75) is 48.0 Å². The fraction of sp³-hybridized carbons (Fsp3) is 0.647. The molecule has 0 bridgehead atoms. The maximum absolute atomic E-state index is 12.2. The Morgan fingerprint density at radius 3 is 1.59 bits per heavy atom. The van der Waals surface area contributed by atoms with Gasteiger partial charge >= 0.3 is 11.9 Å². The maximum Gasteiger partial charge on any atom is 0.336 e. The first-order valence-electron chi connectivity index (χ1n) is 7.73. The van der Waals surface area contributed by atoms with Gasteiger partial charge < -0.3 is 14.8 Å². The largest absolute Gasteiger partial charge is 0.462 e. The second kappa shape index (κ2) is 8.01. The Hall–Kier alpha value is -1.78. The van der Waals surface area contributed by atoms with Crippen molar-refractivity contribution in [1.29, 1.82) is 0 Å². The Morgan fingerprint density at radius 2 is 1.27 bits per heavy atom. The summed E-state index contributed by atoms with van der Waals surface area (Å²) in [5.41, 5.74) is 2.43. The van der Waals surface area contributed by atoms with Crippen LogP contribution in [0.3, 0.4) is 0 Å². The van der Waals surface area contributed by atoms with Crippen LogP contribution in [0, 0.1) is 11.8 Å². The number of hydrogen-bond acceptors (Lipinski definition) is 5. The van der Waals surface area contributed by atoms with Crippen LogP contribution in [0.25, 0.3) is 0 Å². The number of hydrogen-bond donors (Lipinski definition) is 1. The van der Waals surface area contributed by atoms with E-state index in [1.54, 1.807) is 0 Å². The summed E-state index contributed by atoms with van der Waals surface area (Å²) in [6.45, 7) is 12.3. The summed E-state index contributed by atoms with van der Waals surface area (Å²) in [6, 6.07) is 0. The van der Waals surface area contributed by atoms with E-state index >= 15 is 0 Å². The molecule has 0 saturated carbocycles. The normalized spacial score (nSPS) is 15.3. The van der Waals surface area contributed by atoms with Gasteiger partial charge in [0.05, 0.1) is 24.4 Å². The lowest BCUT2D eigenvalue weighted by Gasteiger charge is -2.23. The van der Waals surface area contributed by atoms with E-state index in [-0.39, 0.29) is 30.2 Å². The monoisotopic (exact) mass is 309 g/mol. The topological polar surface area (TPSA) is 64.6 Å². The second-order valence-corrected chi connectivity index (χ2v) is 6.49. The molecule has 1 rings (SSSR count). The quantitative estimate of drug-likeness (QED) is 0.764. The Morgan fingerprint density at radius 1 is 0.909 bits per heavy atom. The number of carbonyl (C=O) groups excluding carboxylic acids is 2. The van der Waals surface area contributed by atoms with Gasteiger partial charge in [-0.05, 0) is 25.7 Å². The van der Waals surface area contributed by atoms with Gasteiger partial charge in [0, 0.05) is 17.8 Å². The number of esters is 2. The zero-order chi connectivity index (χ0) is 16.9. The van der Waals surface area contributed by atoms with Crippen LogP contribution in [0.2, 0.25) is 0 Å². The predicted octanol–water partition coefficient (Wildman–Crippen LogP) is 2.93. The van der Waals surface area contributed by atoms with Crippen LogP contribution in [0.1, 0.15) is 48.0 Å². The van der Waals surface area contributed by atoms with Crippen LogP contribution in [0.5, 0.6) is 0 Å². The molecule has 5 nitrogen and oxygen atoms in total. The third-order valence-corrected chi connectivity index (χ3v) is 3.22. The number of ether oxygens (including phenoxy) is 2. The standard InChI is InChI=1S/C17H27NO4/c1-10(2)8-21-16(19)14-7-15(13(6)18-12(14)5)17(20)22-9-11(3)4/h10-11,18H,7-9H2,1-6H3. The molecule has 0 aliphatic carbocycles. The molecule has 0 amide bonds. The van der Waals surface area contributed by atoms with Crippen LogP contribution in [0.15, 0.2) is 22.5 Å². The van der Waals surface area contributed by atoms with Crippen molar-refractivity contribution in [2.75, 3.05) is 13.2 Å². The van der Waals surface area contributed by atoms with Gasteiger partial charge in [-0.2, -0.15) is 0 Å². The molecule has 0 unspecified atom stereocenters. The van der Waals surface area contributed by atoms with Gasteiger partial charge in [0.25, 0.3) is 0 Å². The Labute approximate surface area is 132 Å². The molecule has 5 heteroatoms. The zero-order valence-electron chi connectivity index (χ0n) is 14.4. The molecule has 1 aliphatic rings. The van der Waals surface area contributed by atoms with Crippen LogP contribution < -0.4 is 5.32 Å². The second-order valence-electron chi connectivity index (χ2n) is 6.49. The summed E-state index contributed by atoms with van der Waals surface area (Å²) >= 11 is 0. The summed E-state index contributed by atoms with van der Waals surface area (Å²) in [6.07, 6.45) is 0.249. The van der Waals surface area contributed by atoms with E-state index in [2.05, 4.69) is 5.32 Å². The SMILES string of the molecule is CC1=C(C(=O)OCC(C)C)CC(C(=O)OCC(C)C)=C(C)N1. The highest BCUT2D eigenvalue weighted by molar-refractivity contribution is 5.96. The van der Waals surface area contributed by atoms with Crippen LogP contribution in [0.4, 0.5) is 0 Å². The molecule has 0 aromatic carbocycles. The van der Waals surface area contributed by atoms with E-state index < -0.39 is 0 Å². The molecule has 1 aliphatic heterocycles. The fourth-order valence-electron chi connectivity index (χ4n) is 1.98. The molecular formula is C17H27NO4. The highest BCUT2D eigenvalue weighted by atomic mass is 16.5. The van der Waals surface area contributed by atoms with Crippen molar-refractivity contribution in [1.82, 2.24) is 5.32 Å². The molecule has 0 aromatic rings. The van der Waals surface area contributed by atoms with E-state index in [1.165, 1.54) is 0 Å². The summed E-state index contributed by atoms with van der Waals surface area (Å²) in [5.74, 6) is -0.205. The number of dihydropyridines is 1. The van der Waals surface area contributed by atoms with Gasteiger partial charge in [-0.15, -0.1) is 0 Å². The minimum Gasteiger partial charge on any atom is -0.462 e. The minimum absolute atomic E-state index is 0.249. The summed E-state index contributed by atoms with van der Waals surface area (Å²) in [4.78, 5) is 24.3. The van der Waals surface area contributed by atoms with Gasteiger partial charge in [0.1, 0.15) is 0 Å². The maximum atomic E-state index is 12.2. The molecule has 0 spiro atoms. The zero-order valence-corrected chi connectivity index (χ0v) is 14.4. The lowest BCUT2D eigenvalue weighted by atomic mass is 9.98.